The topological polar surface area (TPSA) is 21.3 Å². The Balaban J connectivity index is 2.09. The molecule has 0 aliphatic carbocycles. The second kappa shape index (κ2) is 7.75. The molecular formula is C17H26FNO. The van der Waals surface area contributed by atoms with Gasteiger partial charge in [0.15, 0.2) is 0 Å². The first-order chi connectivity index (χ1) is 9.76. The fourth-order valence-electron chi connectivity index (χ4n) is 3.15. The highest BCUT2D eigenvalue weighted by atomic mass is 19.1. The molecule has 0 radical (unpaired) electrons. The van der Waals surface area contributed by atoms with Crippen molar-refractivity contribution in [3.63, 3.8) is 0 Å². The molecule has 3 heteroatoms. The Morgan fingerprint density at radius 2 is 2.15 bits per heavy atom. The van der Waals surface area contributed by atoms with Crippen molar-refractivity contribution in [1.82, 2.24) is 5.32 Å². The van der Waals surface area contributed by atoms with E-state index in [1.54, 1.807) is 12.1 Å². The van der Waals surface area contributed by atoms with Crippen LogP contribution in [0.15, 0.2) is 24.3 Å². The number of nitrogens with one attached hydrogen (secondary N) is 1. The first-order valence-corrected chi connectivity index (χ1v) is 7.84. The zero-order valence-electron chi connectivity index (χ0n) is 12.6. The molecule has 1 aromatic carbocycles. The van der Waals surface area contributed by atoms with Crippen molar-refractivity contribution < 1.29 is 9.13 Å². The van der Waals surface area contributed by atoms with E-state index in [0.717, 1.165) is 44.4 Å². The van der Waals surface area contributed by atoms with Crippen LogP contribution in [-0.2, 0) is 11.2 Å². The van der Waals surface area contributed by atoms with Gasteiger partial charge in [0.25, 0.3) is 0 Å². The number of hydrogen-bond donors (Lipinski definition) is 1. The highest BCUT2D eigenvalue weighted by Crippen LogP contribution is 2.28. The Morgan fingerprint density at radius 1 is 1.35 bits per heavy atom. The monoisotopic (exact) mass is 279 g/mol. The Bertz CT molecular complexity index is 410. The number of benzene rings is 1. The summed E-state index contributed by atoms with van der Waals surface area (Å²) in [5.74, 6) is 0.397. The third kappa shape index (κ3) is 3.80. The van der Waals surface area contributed by atoms with E-state index in [2.05, 4.69) is 19.2 Å². The summed E-state index contributed by atoms with van der Waals surface area (Å²) >= 11 is 0. The molecule has 1 aliphatic heterocycles. The summed E-state index contributed by atoms with van der Waals surface area (Å²) in [6.07, 6.45) is 4.27. The van der Waals surface area contributed by atoms with Gasteiger partial charge in [0, 0.05) is 18.6 Å². The first-order valence-electron chi connectivity index (χ1n) is 7.84. The molecule has 2 nitrogen and oxygen atoms in total. The zero-order chi connectivity index (χ0) is 14.4. The summed E-state index contributed by atoms with van der Waals surface area (Å²) in [5.41, 5.74) is 0.808. The molecule has 1 saturated heterocycles. The van der Waals surface area contributed by atoms with Crippen LogP contribution in [0.4, 0.5) is 4.39 Å². The molecule has 0 bridgehead atoms. The molecule has 0 aromatic heterocycles. The second-order valence-electron chi connectivity index (χ2n) is 5.63. The average Bonchev–Trinajstić information content (AvgIpc) is 2.93. The van der Waals surface area contributed by atoms with E-state index in [9.17, 15) is 4.39 Å². The van der Waals surface area contributed by atoms with Gasteiger partial charge in [0.1, 0.15) is 5.82 Å². The van der Waals surface area contributed by atoms with Gasteiger partial charge in [0.05, 0.1) is 6.10 Å². The van der Waals surface area contributed by atoms with E-state index in [4.69, 9.17) is 4.74 Å². The van der Waals surface area contributed by atoms with E-state index in [-0.39, 0.29) is 5.82 Å². The molecule has 1 heterocycles. The predicted molar refractivity (Wildman–Crippen MR) is 80.3 cm³/mol. The highest BCUT2D eigenvalue weighted by molar-refractivity contribution is 5.19. The maximum atomic E-state index is 13.9. The number of ether oxygens (including phenoxy) is 1. The number of hydrogen-bond acceptors (Lipinski definition) is 2. The molecule has 0 saturated carbocycles. The molecule has 3 atom stereocenters. The Hall–Kier alpha value is -0.930. The lowest BCUT2D eigenvalue weighted by Gasteiger charge is -2.28. The van der Waals surface area contributed by atoms with Crippen LogP contribution in [0.1, 0.15) is 38.7 Å². The minimum absolute atomic E-state index is 0.0947. The van der Waals surface area contributed by atoms with Crippen molar-refractivity contribution in [3.05, 3.63) is 35.6 Å². The summed E-state index contributed by atoms with van der Waals surface area (Å²) in [6.45, 7) is 6.15. The van der Waals surface area contributed by atoms with Crippen LogP contribution in [0.2, 0.25) is 0 Å². The molecule has 1 fully saturated rings. The van der Waals surface area contributed by atoms with Gasteiger partial charge in [-0.15, -0.1) is 0 Å². The Labute approximate surface area is 121 Å². The number of halogens is 1. The molecule has 20 heavy (non-hydrogen) atoms. The summed E-state index contributed by atoms with van der Waals surface area (Å²) in [7, 11) is 0. The van der Waals surface area contributed by atoms with Crippen molar-refractivity contribution in [2.45, 2.75) is 51.7 Å². The molecule has 2 rings (SSSR count). The minimum atomic E-state index is -0.0947. The quantitative estimate of drug-likeness (QED) is 0.824. The van der Waals surface area contributed by atoms with Gasteiger partial charge in [-0.2, -0.15) is 0 Å². The average molecular weight is 279 g/mol. The van der Waals surface area contributed by atoms with Gasteiger partial charge in [-0.1, -0.05) is 32.0 Å². The Morgan fingerprint density at radius 3 is 2.85 bits per heavy atom. The van der Waals surface area contributed by atoms with Crippen LogP contribution in [-0.4, -0.2) is 25.3 Å². The van der Waals surface area contributed by atoms with E-state index >= 15 is 0 Å². The zero-order valence-corrected chi connectivity index (χ0v) is 12.6. The van der Waals surface area contributed by atoms with Gasteiger partial charge in [0.2, 0.25) is 0 Å². The van der Waals surface area contributed by atoms with Gasteiger partial charge in [-0.3, -0.25) is 0 Å². The van der Waals surface area contributed by atoms with Gasteiger partial charge in [-0.05, 0) is 43.9 Å². The lowest BCUT2D eigenvalue weighted by molar-refractivity contribution is 0.0774. The van der Waals surface area contributed by atoms with Crippen LogP contribution in [0, 0.1) is 11.7 Å². The molecule has 1 N–H and O–H groups in total. The van der Waals surface area contributed by atoms with Crippen LogP contribution >= 0.6 is 0 Å². The molecule has 0 amide bonds. The van der Waals surface area contributed by atoms with Gasteiger partial charge < -0.3 is 10.1 Å². The summed E-state index contributed by atoms with van der Waals surface area (Å²) in [5, 5.41) is 3.60. The molecule has 1 aromatic rings. The fraction of sp³-hybridized carbons (Fsp3) is 0.647. The molecule has 0 spiro atoms. The molecule has 1 aliphatic rings. The van der Waals surface area contributed by atoms with E-state index in [0.29, 0.717) is 18.1 Å². The van der Waals surface area contributed by atoms with E-state index < -0.39 is 0 Å². The van der Waals surface area contributed by atoms with Crippen molar-refractivity contribution >= 4 is 0 Å². The number of rotatable bonds is 7. The third-order valence-electron chi connectivity index (χ3n) is 4.23. The Kier molecular flexibility index (Phi) is 5.99. The van der Waals surface area contributed by atoms with Crippen molar-refractivity contribution in [2.75, 3.05) is 13.2 Å². The summed E-state index contributed by atoms with van der Waals surface area (Å²) in [6, 6.07) is 7.42. The van der Waals surface area contributed by atoms with Crippen molar-refractivity contribution in [1.29, 1.82) is 0 Å². The minimum Gasteiger partial charge on any atom is -0.378 e. The van der Waals surface area contributed by atoms with Crippen LogP contribution in [0.3, 0.4) is 0 Å². The predicted octanol–water partition coefficient (Wildman–Crippen LogP) is 3.55. The van der Waals surface area contributed by atoms with Crippen LogP contribution < -0.4 is 5.32 Å². The van der Waals surface area contributed by atoms with E-state index in [1.165, 1.54) is 0 Å². The normalized spacial score (nSPS) is 23.9. The maximum Gasteiger partial charge on any atom is 0.126 e. The largest absolute Gasteiger partial charge is 0.378 e. The third-order valence-corrected chi connectivity index (χ3v) is 4.23. The highest BCUT2D eigenvalue weighted by Gasteiger charge is 2.33. The summed E-state index contributed by atoms with van der Waals surface area (Å²) in [4.78, 5) is 0. The van der Waals surface area contributed by atoms with Gasteiger partial charge in [-0.25, -0.2) is 4.39 Å². The van der Waals surface area contributed by atoms with Crippen molar-refractivity contribution in [3.8, 4) is 0 Å². The summed E-state index contributed by atoms with van der Waals surface area (Å²) < 4.78 is 19.7. The molecule has 3 unspecified atom stereocenters. The second-order valence-corrected chi connectivity index (χ2v) is 5.63. The SMILES string of the molecule is CCCNC(Cc1ccccc1F)C1CCOC1CC. The molecular weight excluding hydrogens is 253 g/mol. The molecule has 112 valence electrons. The van der Waals surface area contributed by atoms with E-state index in [1.807, 2.05) is 12.1 Å². The van der Waals surface area contributed by atoms with Gasteiger partial charge >= 0.3 is 0 Å². The lowest BCUT2D eigenvalue weighted by atomic mass is 9.87. The fourth-order valence-corrected chi connectivity index (χ4v) is 3.15. The smallest absolute Gasteiger partial charge is 0.126 e. The lowest BCUT2D eigenvalue weighted by Crippen LogP contribution is -2.42. The van der Waals surface area contributed by atoms with Crippen LogP contribution in [0.5, 0.6) is 0 Å². The first kappa shape index (κ1) is 15.5. The maximum absolute atomic E-state index is 13.9. The standard InChI is InChI=1S/C17H26FNO/c1-3-10-19-16(14-9-11-20-17(14)4-2)12-13-7-5-6-8-15(13)18/h5-8,14,16-17,19H,3-4,9-12H2,1-2H3. The van der Waals surface area contributed by atoms with Crippen molar-refractivity contribution in [2.24, 2.45) is 5.92 Å². The van der Waals surface area contributed by atoms with Crippen LogP contribution in [0.25, 0.3) is 0 Å².